The molecular formula is C12H20N2O4S. The summed E-state index contributed by atoms with van der Waals surface area (Å²) in [7, 11) is 0. The van der Waals surface area contributed by atoms with Gasteiger partial charge in [-0.25, -0.2) is 4.79 Å². The molecule has 6 nitrogen and oxygen atoms in total. The Bertz CT molecular complexity index is 349. The minimum atomic E-state index is -0.870. The van der Waals surface area contributed by atoms with Crippen molar-refractivity contribution in [1.82, 2.24) is 9.80 Å². The molecule has 19 heavy (non-hydrogen) atoms. The summed E-state index contributed by atoms with van der Waals surface area (Å²) in [5.41, 5.74) is 0. The van der Waals surface area contributed by atoms with E-state index >= 15 is 0 Å². The lowest BCUT2D eigenvalue weighted by molar-refractivity contribution is -0.138. The van der Waals surface area contributed by atoms with E-state index in [0.29, 0.717) is 18.8 Å². The maximum absolute atomic E-state index is 12.5. The van der Waals surface area contributed by atoms with Crippen LogP contribution in [0.1, 0.15) is 19.3 Å². The third-order valence-corrected chi connectivity index (χ3v) is 4.55. The minimum Gasteiger partial charge on any atom is -0.481 e. The molecule has 7 heteroatoms. The van der Waals surface area contributed by atoms with Gasteiger partial charge in [0.1, 0.15) is 0 Å². The number of carboxylic acids is 1. The molecule has 1 aliphatic carbocycles. The number of nitrogens with zero attached hydrogens (tertiary/aromatic N) is 2. The predicted octanol–water partition coefficient (Wildman–Crippen LogP) is 0.455. The van der Waals surface area contributed by atoms with Crippen LogP contribution in [-0.4, -0.2) is 75.3 Å². The molecule has 2 rings (SSSR count). The van der Waals surface area contributed by atoms with Crippen LogP contribution in [0.3, 0.4) is 0 Å². The lowest BCUT2D eigenvalue weighted by Crippen LogP contribution is -2.53. The van der Waals surface area contributed by atoms with Gasteiger partial charge in [0.15, 0.2) is 0 Å². The topological polar surface area (TPSA) is 81.1 Å². The molecule has 1 heterocycles. The molecule has 1 saturated heterocycles. The third kappa shape index (κ3) is 3.76. The number of amides is 2. The van der Waals surface area contributed by atoms with Crippen molar-refractivity contribution in [2.24, 2.45) is 0 Å². The average Bonchev–Trinajstić information content (AvgIpc) is 3.19. The summed E-state index contributed by atoms with van der Waals surface area (Å²) < 4.78 is 0. The highest BCUT2D eigenvalue weighted by molar-refractivity contribution is 7.99. The van der Waals surface area contributed by atoms with Gasteiger partial charge in [-0.15, -0.1) is 0 Å². The van der Waals surface area contributed by atoms with E-state index in [1.54, 1.807) is 21.6 Å². The number of aliphatic carboxylic acids is 1. The first kappa shape index (κ1) is 14.5. The van der Waals surface area contributed by atoms with Crippen LogP contribution in [0.2, 0.25) is 0 Å². The Balaban J connectivity index is 2.02. The van der Waals surface area contributed by atoms with Crippen molar-refractivity contribution in [1.29, 1.82) is 0 Å². The number of aliphatic hydroxyl groups is 1. The molecule has 1 aliphatic heterocycles. The number of carbonyl (C=O) groups excluding carboxylic acids is 1. The molecule has 0 aromatic heterocycles. The normalized spacial score (nSPS) is 23.2. The molecule has 0 aromatic carbocycles. The molecular weight excluding hydrogens is 268 g/mol. The van der Waals surface area contributed by atoms with Crippen molar-refractivity contribution in [3.63, 3.8) is 0 Å². The van der Waals surface area contributed by atoms with Crippen LogP contribution < -0.4 is 0 Å². The molecule has 0 spiro atoms. The second-order valence-corrected chi connectivity index (χ2v) is 6.10. The molecule has 108 valence electrons. The monoisotopic (exact) mass is 288 g/mol. The Labute approximate surface area is 116 Å². The van der Waals surface area contributed by atoms with Gasteiger partial charge in [-0.05, 0) is 12.8 Å². The summed E-state index contributed by atoms with van der Waals surface area (Å²) in [6.07, 6.45) is 1.96. The van der Waals surface area contributed by atoms with Crippen LogP contribution in [-0.2, 0) is 4.79 Å². The van der Waals surface area contributed by atoms with Gasteiger partial charge in [0.05, 0.1) is 19.1 Å². The second-order valence-electron chi connectivity index (χ2n) is 4.95. The fraction of sp³-hybridized carbons (Fsp3) is 0.833. The molecule has 1 unspecified atom stereocenters. The third-order valence-electron chi connectivity index (χ3n) is 3.46. The molecule has 2 aliphatic rings. The lowest BCUT2D eigenvalue weighted by Gasteiger charge is -2.38. The SMILES string of the molecule is O=C(O)CC1CSCCN1C(=O)N(CCO)C1CC1. The standard InChI is InChI=1S/C12H20N2O4S/c15-5-3-13(9-1-2-9)12(18)14-4-6-19-8-10(14)7-11(16)17/h9-10,15H,1-8H2,(H,16,17). The summed E-state index contributed by atoms with van der Waals surface area (Å²) in [4.78, 5) is 26.8. The molecule has 0 radical (unpaired) electrons. The van der Waals surface area contributed by atoms with E-state index < -0.39 is 5.97 Å². The Morgan fingerprint density at radius 3 is 2.68 bits per heavy atom. The molecule has 0 aromatic rings. The smallest absolute Gasteiger partial charge is 0.320 e. The van der Waals surface area contributed by atoms with E-state index in [1.807, 2.05) is 0 Å². The van der Waals surface area contributed by atoms with E-state index in [4.69, 9.17) is 10.2 Å². The maximum Gasteiger partial charge on any atom is 0.320 e. The minimum absolute atomic E-state index is 0.00360. The summed E-state index contributed by atoms with van der Waals surface area (Å²) in [6.45, 7) is 0.886. The number of urea groups is 1. The summed E-state index contributed by atoms with van der Waals surface area (Å²) in [5.74, 6) is 0.653. The first-order chi connectivity index (χ1) is 9.13. The number of carboxylic acid groups (broad SMARTS) is 1. The summed E-state index contributed by atoms with van der Waals surface area (Å²) in [6, 6.07) is -0.105. The molecule has 0 bridgehead atoms. The van der Waals surface area contributed by atoms with E-state index in [9.17, 15) is 9.59 Å². The zero-order chi connectivity index (χ0) is 13.8. The van der Waals surface area contributed by atoms with Gasteiger partial charge < -0.3 is 20.0 Å². The average molecular weight is 288 g/mol. The van der Waals surface area contributed by atoms with Crippen molar-refractivity contribution in [2.75, 3.05) is 31.2 Å². The summed E-state index contributed by atoms with van der Waals surface area (Å²) in [5, 5.41) is 18.0. The quantitative estimate of drug-likeness (QED) is 0.768. The van der Waals surface area contributed by atoms with Crippen molar-refractivity contribution in [2.45, 2.75) is 31.3 Å². The Morgan fingerprint density at radius 1 is 1.37 bits per heavy atom. The van der Waals surface area contributed by atoms with Crippen LogP contribution >= 0.6 is 11.8 Å². The number of hydrogen-bond acceptors (Lipinski definition) is 4. The highest BCUT2D eigenvalue weighted by Gasteiger charge is 2.37. The number of hydrogen-bond donors (Lipinski definition) is 2. The van der Waals surface area contributed by atoms with Gasteiger partial charge >= 0.3 is 12.0 Å². The Kier molecular flexibility index (Phi) is 4.93. The fourth-order valence-electron chi connectivity index (χ4n) is 2.37. The van der Waals surface area contributed by atoms with E-state index in [-0.39, 0.29) is 31.1 Å². The highest BCUT2D eigenvalue weighted by Crippen LogP contribution is 2.29. The molecule has 1 saturated carbocycles. The number of thioether (sulfide) groups is 1. The fourth-order valence-corrected chi connectivity index (χ4v) is 3.43. The predicted molar refractivity (Wildman–Crippen MR) is 72.3 cm³/mol. The van der Waals surface area contributed by atoms with Crippen molar-refractivity contribution >= 4 is 23.8 Å². The number of aliphatic hydroxyl groups excluding tert-OH is 1. The van der Waals surface area contributed by atoms with Gasteiger partial charge in [-0.2, -0.15) is 11.8 Å². The maximum atomic E-state index is 12.5. The highest BCUT2D eigenvalue weighted by atomic mass is 32.2. The Hall–Kier alpha value is -0.950. The largest absolute Gasteiger partial charge is 0.481 e. The van der Waals surface area contributed by atoms with Gasteiger partial charge in [0.2, 0.25) is 0 Å². The van der Waals surface area contributed by atoms with Gasteiger partial charge in [0, 0.05) is 30.6 Å². The van der Waals surface area contributed by atoms with Crippen molar-refractivity contribution in [3.8, 4) is 0 Å². The van der Waals surface area contributed by atoms with Crippen molar-refractivity contribution in [3.05, 3.63) is 0 Å². The first-order valence-electron chi connectivity index (χ1n) is 6.61. The van der Waals surface area contributed by atoms with Crippen molar-refractivity contribution < 1.29 is 19.8 Å². The van der Waals surface area contributed by atoms with E-state index in [1.165, 1.54) is 0 Å². The van der Waals surface area contributed by atoms with Crippen LogP contribution in [0.15, 0.2) is 0 Å². The number of rotatable bonds is 5. The molecule has 1 atom stereocenters. The zero-order valence-electron chi connectivity index (χ0n) is 10.8. The molecule has 2 amide bonds. The Morgan fingerprint density at radius 2 is 2.11 bits per heavy atom. The second kappa shape index (κ2) is 6.47. The summed E-state index contributed by atoms with van der Waals surface area (Å²) >= 11 is 1.69. The van der Waals surface area contributed by atoms with Gasteiger partial charge in [-0.3, -0.25) is 4.79 Å². The van der Waals surface area contributed by atoms with Crippen LogP contribution in [0.5, 0.6) is 0 Å². The van der Waals surface area contributed by atoms with Crippen LogP contribution in [0.25, 0.3) is 0 Å². The molecule has 2 fully saturated rings. The molecule has 2 N–H and O–H groups in total. The van der Waals surface area contributed by atoms with Gasteiger partial charge in [-0.1, -0.05) is 0 Å². The van der Waals surface area contributed by atoms with E-state index in [0.717, 1.165) is 18.6 Å². The first-order valence-corrected chi connectivity index (χ1v) is 7.76. The van der Waals surface area contributed by atoms with Crippen LogP contribution in [0.4, 0.5) is 4.79 Å². The van der Waals surface area contributed by atoms with E-state index in [2.05, 4.69) is 0 Å². The lowest BCUT2D eigenvalue weighted by atomic mass is 10.2. The number of carbonyl (C=O) groups is 2. The van der Waals surface area contributed by atoms with Crippen LogP contribution in [0, 0.1) is 0 Å². The van der Waals surface area contributed by atoms with Gasteiger partial charge in [0.25, 0.3) is 0 Å². The zero-order valence-corrected chi connectivity index (χ0v) is 11.6.